The molecule has 0 saturated carbocycles. The molecule has 6 nitrogen and oxygen atoms in total. The van der Waals surface area contributed by atoms with E-state index in [4.69, 9.17) is 4.74 Å². The van der Waals surface area contributed by atoms with E-state index in [1.807, 2.05) is 0 Å². The normalized spacial score (nSPS) is 11.9. The lowest BCUT2D eigenvalue weighted by atomic mass is 9.86. The van der Waals surface area contributed by atoms with Crippen LogP contribution in [0, 0.1) is 11.8 Å². The van der Waals surface area contributed by atoms with Gasteiger partial charge in [0.15, 0.2) is 0 Å². The summed E-state index contributed by atoms with van der Waals surface area (Å²) < 4.78 is 5.14. The summed E-state index contributed by atoms with van der Waals surface area (Å²) in [6, 6.07) is 8.47. The second-order valence-corrected chi connectivity index (χ2v) is 5.87. The quantitative estimate of drug-likeness (QED) is 0.578. The molecule has 1 unspecified atom stereocenters. The van der Waals surface area contributed by atoms with Crippen molar-refractivity contribution in [1.29, 1.82) is 0 Å². The molecule has 0 aliphatic heterocycles. The Balaban J connectivity index is 2.92. The van der Waals surface area contributed by atoms with Gasteiger partial charge in [0.05, 0.1) is 17.9 Å². The average molecular weight is 333 g/mol. The Labute approximate surface area is 141 Å². The fourth-order valence-electron chi connectivity index (χ4n) is 2.40. The predicted octanol–water partition coefficient (Wildman–Crippen LogP) is 1.78. The van der Waals surface area contributed by atoms with Crippen LogP contribution in [0.15, 0.2) is 30.3 Å². The Kier molecular flexibility index (Phi) is 7.30. The van der Waals surface area contributed by atoms with Gasteiger partial charge in [-0.1, -0.05) is 18.2 Å². The van der Waals surface area contributed by atoms with Gasteiger partial charge in [-0.25, -0.2) is 0 Å². The molecule has 1 atom stereocenters. The lowest BCUT2D eigenvalue weighted by molar-refractivity contribution is -0.158. The zero-order valence-corrected chi connectivity index (χ0v) is 14.4. The zero-order valence-electron chi connectivity index (χ0n) is 14.4. The van der Waals surface area contributed by atoms with Crippen molar-refractivity contribution in [2.75, 3.05) is 6.54 Å². The fourth-order valence-corrected chi connectivity index (χ4v) is 2.40. The standard InChI is InChI=1S/C18H23NO5/c1-11(2)24-18(23)15(16(12(3)20)13(4)21)10-19-17(22)14-8-6-5-7-9-14/h5-9,11,15-16H,10H2,1-4H3,(H,19,22). The molecule has 0 heterocycles. The van der Waals surface area contributed by atoms with E-state index in [1.165, 1.54) is 13.8 Å². The molecule has 0 bridgehead atoms. The Morgan fingerprint density at radius 2 is 1.54 bits per heavy atom. The van der Waals surface area contributed by atoms with E-state index >= 15 is 0 Å². The number of esters is 1. The number of benzene rings is 1. The lowest BCUT2D eigenvalue weighted by Gasteiger charge is -2.23. The number of carbonyl (C=O) groups excluding carboxylic acids is 4. The van der Waals surface area contributed by atoms with Gasteiger partial charge in [-0.2, -0.15) is 0 Å². The van der Waals surface area contributed by atoms with E-state index in [1.54, 1.807) is 44.2 Å². The van der Waals surface area contributed by atoms with E-state index in [2.05, 4.69) is 5.32 Å². The first-order chi connectivity index (χ1) is 11.2. The minimum atomic E-state index is -1.13. The molecule has 1 rings (SSSR count). The largest absolute Gasteiger partial charge is 0.463 e. The van der Waals surface area contributed by atoms with Crippen LogP contribution in [0.25, 0.3) is 0 Å². The Morgan fingerprint density at radius 3 is 2.00 bits per heavy atom. The van der Waals surface area contributed by atoms with E-state index in [9.17, 15) is 19.2 Å². The van der Waals surface area contributed by atoms with Crippen molar-refractivity contribution in [3.05, 3.63) is 35.9 Å². The van der Waals surface area contributed by atoms with Crippen LogP contribution in [0.3, 0.4) is 0 Å². The number of hydrogen-bond donors (Lipinski definition) is 1. The van der Waals surface area contributed by atoms with Crippen molar-refractivity contribution in [3.8, 4) is 0 Å². The van der Waals surface area contributed by atoms with Crippen LogP contribution in [-0.2, 0) is 19.1 Å². The maximum Gasteiger partial charge on any atom is 0.312 e. The average Bonchev–Trinajstić information content (AvgIpc) is 2.50. The molecule has 6 heteroatoms. The Morgan fingerprint density at radius 1 is 1.00 bits per heavy atom. The van der Waals surface area contributed by atoms with Crippen LogP contribution in [0.1, 0.15) is 38.1 Å². The molecule has 130 valence electrons. The summed E-state index contributed by atoms with van der Waals surface area (Å²) in [4.78, 5) is 48.0. The van der Waals surface area contributed by atoms with E-state index in [-0.39, 0.29) is 18.6 Å². The molecule has 1 aromatic carbocycles. The summed E-state index contributed by atoms with van der Waals surface area (Å²) in [6.45, 7) is 5.70. The minimum Gasteiger partial charge on any atom is -0.463 e. The summed E-state index contributed by atoms with van der Waals surface area (Å²) in [6.07, 6.45) is -0.385. The molecular weight excluding hydrogens is 310 g/mol. The Bertz CT molecular complexity index is 595. The molecule has 0 aliphatic rings. The molecular formula is C18H23NO5. The number of amides is 1. The molecule has 1 N–H and O–H groups in total. The van der Waals surface area contributed by atoms with Crippen LogP contribution in [0.2, 0.25) is 0 Å². The third-order valence-electron chi connectivity index (χ3n) is 3.45. The van der Waals surface area contributed by atoms with Gasteiger partial charge in [0.1, 0.15) is 11.6 Å². The maximum atomic E-state index is 12.3. The molecule has 0 radical (unpaired) electrons. The summed E-state index contributed by atoms with van der Waals surface area (Å²) in [5, 5.41) is 2.60. The fraction of sp³-hybridized carbons (Fsp3) is 0.444. The second-order valence-electron chi connectivity index (χ2n) is 5.87. The van der Waals surface area contributed by atoms with Gasteiger partial charge in [0, 0.05) is 12.1 Å². The zero-order chi connectivity index (χ0) is 18.3. The topological polar surface area (TPSA) is 89.5 Å². The molecule has 1 amide bonds. The Hall–Kier alpha value is -2.50. The number of ether oxygens (including phenoxy) is 1. The highest BCUT2D eigenvalue weighted by molar-refractivity contribution is 6.04. The summed E-state index contributed by atoms with van der Waals surface area (Å²) in [5.41, 5.74) is 0.427. The van der Waals surface area contributed by atoms with Crippen LogP contribution in [0.4, 0.5) is 0 Å². The molecule has 0 aliphatic carbocycles. The number of hydrogen-bond acceptors (Lipinski definition) is 5. The molecule has 0 aromatic heterocycles. The maximum absolute atomic E-state index is 12.3. The number of nitrogens with one attached hydrogen (secondary N) is 1. The van der Waals surface area contributed by atoms with Crippen LogP contribution >= 0.6 is 0 Å². The van der Waals surface area contributed by atoms with Crippen molar-refractivity contribution in [2.24, 2.45) is 11.8 Å². The molecule has 0 fully saturated rings. The highest BCUT2D eigenvalue weighted by Gasteiger charge is 2.36. The highest BCUT2D eigenvalue weighted by Crippen LogP contribution is 2.17. The first kappa shape index (κ1) is 19.5. The molecule has 0 spiro atoms. The molecule has 0 saturated heterocycles. The van der Waals surface area contributed by atoms with Crippen molar-refractivity contribution < 1.29 is 23.9 Å². The summed E-state index contributed by atoms with van der Waals surface area (Å²) in [5.74, 6) is -4.09. The van der Waals surface area contributed by atoms with Gasteiger partial charge in [-0.3, -0.25) is 19.2 Å². The summed E-state index contributed by atoms with van der Waals surface area (Å²) in [7, 11) is 0. The van der Waals surface area contributed by atoms with Gasteiger partial charge in [-0.05, 0) is 39.8 Å². The van der Waals surface area contributed by atoms with Crippen LogP contribution in [-0.4, -0.2) is 36.1 Å². The number of rotatable bonds is 8. The number of carbonyl (C=O) groups is 4. The lowest BCUT2D eigenvalue weighted by Crippen LogP contribution is -2.43. The van der Waals surface area contributed by atoms with Crippen LogP contribution < -0.4 is 5.32 Å². The second kappa shape index (κ2) is 8.96. The van der Waals surface area contributed by atoms with Gasteiger partial charge in [-0.15, -0.1) is 0 Å². The van der Waals surface area contributed by atoms with Gasteiger partial charge >= 0.3 is 5.97 Å². The third-order valence-corrected chi connectivity index (χ3v) is 3.45. The van der Waals surface area contributed by atoms with Crippen molar-refractivity contribution in [1.82, 2.24) is 5.32 Å². The highest BCUT2D eigenvalue weighted by atomic mass is 16.5. The predicted molar refractivity (Wildman–Crippen MR) is 88.3 cm³/mol. The monoisotopic (exact) mass is 333 g/mol. The van der Waals surface area contributed by atoms with E-state index in [0.29, 0.717) is 5.56 Å². The third kappa shape index (κ3) is 5.61. The smallest absolute Gasteiger partial charge is 0.312 e. The first-order valence-electron chi connectivity index (χ1n) is 7.78. The SMILES string of the molecule is CC(=O)C(C(C)=O)C(CNC(=O)c1ccccc1)C(=O)OC(C)C. The van der Waals surface area contributed by atoms with Crippen molar-refractivity contribution >= 4 is 23.4 Å². The minimum absolute atomic E-state index is 0.150. The van der Waals surface area contributed by atoms with E-state index < -0.39 is 29.4 Å². The van der Waals surface area contributed by atoms with E-state index in [0.717, 1.165) is 0 Å². The number of Topliss-reactive ketones (excluding diaryl/α,β-unsaturated/α-hetero) is 2. The van der Waals surface area contributed by atoms with Crippen molar-refractivity contribution in [3.63, 3.8) is 0 Å². The van der Waals surface area contributed by atoms with Crippen LogP contribution in [0.5, 0.6) is 0 Å². The first-order valence-corrected chi connectivity index (χ1v) is 7.78. The molecule has 24 heavy (non-hydrogen) atoms. The number of ketones is 2. The molecule has 1 aromatic rings. The van der Waals surface area contributed by atoms with Gasteiger partial charge in [0.25, 0.3) is 5.91 Å². The van der Waals surface area contributed by atoms with Gasteiger partial charge < -0.3 is 10.1 Å². The van der Waals surface area contributed by atoms with Crippen molar-refractivity contribution in [2.45, 2.75) is 33.8 Å². The van der Waals surface area contributed by atoms with Gasteiger partial charge in [0.2, 0.25) is 0 Å². The summed E-state index contributed by atoms with van der Waals surface area (Å²) >= 11 is 0.